The van der Waals surface area contributed by atoms with Crippen LogP contribution >= 0.6 is 0 Å². The summed E-state index contributed by atoms with van der Waals surface area (Å²) >= 11 is 0. The molecule has 1 aromatic heterocycles. The number of fused-ring (bicyclic) bond motifs is 2. The highest BCUT2D eigenvalue weighted by atomic mass is 16.1. The lowest BCUT2D eigenvalue weighted by molar-refractivity contribution is -0.116. The van der Waals surface area contributed by atoms with Gasteiger partial charge in [-0.1, -0.05) is 30.3 Å². The first-order chi connectivity index (χ1) is 12.3. The van der Waals surface area contributed by atoms with Gasteiger partial charge in [0.1, 0.15) is 0 Å². The van der Waals surface area contributed by atoms with Gasteiger partial charge in [-0.25, -0.2) is 0 Å². The van der Waals surface area contributed by atoms with E-state index in [0.29, 0.717) is 17.6 Å². The van der Waals surface area contributed by atoms with Gasteiger partial charge in [0, 0.05) is 52.7 Å². The number of hydrogen-bond acceptors (Lipinski definition) is 4. The van der Waals surface area contributed by atoms with Crippen LogP contribution in [0.15, 0.2) is 65.6 Å². The van der Waals surface area contributed by atoms with Crippen molar-refractivity contribution in [2.45, 2.75) is 25.2 Å². The smallest absolute Gasteiger partial charge is 0.192 e. The molecular weight excluding hydrogens is 312 g/mol. The van der Waals surface area contributed by atoms with Crippen molar-refractivity contribution in [2.75, 3.05) is 0 Å². The van der Waals surface area contributed by atoms with Crippen molar-refractivity contribution >= 4 is 17.3 Å². The van der Waals surface area contributed by atoms with Crippen LogP contribution in [-0.2, 0) is 4.79 Å². The van der Waals surface area contributed by atoms with E-state index in [1.165, 1.54) is 0 Å². The Kier molecular flexibility index (Phi) is 3.01. The largest absolute Gasteiger partial charge is 0.358 e. The number of rotatable bonds is 1. The maximum absolute atomic E-state index is 13.1. The van der Waals surface area contributed by atoms with Gasteiger partial charge in [-0.15, -0.1) is 0 Å². The van der Waals surface area contributed by atoms with Gasteiger partial charge in [0.25, 0.3) is 0 Å². The minimum absolute atomic E-state index is 0.0110. The summed E-state index contributed by atoms with van der Waals surface area (Å²) in [6, 6.07) is 11.5. The molecule has 1 atom stereocenters. The SMILES string of the molecule is O=C1CCCC2=C1C(c1cccnc1)C1=C(N2)c2ccccc2C1=O. The van der Waals surface area contributed by atoms with Crippen molar-refractivity contribution in [2.24, 2.45) is 0 Å². The zero-order valence-corrected chi connectivity index (χ0v) is 13.6. The molecule has 4 nitrogen and oxygen atoms in total. The van der Waals surface area contributed by atoms with E-state index in [9.17, 15) is 9.59 Å². The van der Waals surface area contributed by atoms with E-state index in [2.05, 4.69) is 10.3 Å². The molecule has 0 fully saturated rings. The Labute approximate surface area is 145 Å². The summed E-state index contributed by atoms with van der Waals surface area (Å²) < 4.78 is 0. The van der Waals surface area contributed by atoms with Crippen molar-refractivity contribution in [3.8, 4) is 0 Å². The number of Topliss-reactive ketones (excluding diaryl/α,β-unsaturated/α-hetero) is 2. The fourth-order valence-corrected chi connectivity index (χ4v) is 4.22. The van der Waals surface area contributed by atoms with E-state index < -0.39 is 0 Å². The first-order valence-electron chi connectivity index (χ1n) is 8.57. The van der Waals surface area contributed by atoms with Crippen molar-refractivity contribution < 1.29 is 9.59 Å². The molecule has 1 unspecified atom stereocenters. The standard InChI is InChI=1S/C21H16N2O2/c24-16-9-3-8-15-18(16)17(12-5-4-10-22-11-12)19-20(23-15)13-6-1-2-7-14(13)21(19)25/h1-2,4-7,10-11,17,23H,3,8-9H2. The Morgan fingerprint density at radius 2 is 1.80 bits per heavy atom. The predicted molar refractivity (Wildman–Crippen MR) is 93.7 cm³/mol. The third kappa shape index (κ3) is 1.97. The zero-order chi connectivity index (χ0) is 17.0. The molecule has 3 aliphatic rings. The van der Waals surface area contributed by atoms with Crippen LogP contribution in [0.4, 0.5) is 0 Å². The van der Waals surface area contributed by atoms with Crippen molar-refractivity contribution in [1.82, 2.24) is 10.3 Å². The van der Waals surface area contributed by atoms with Crippen LogP contribution in [0.2, 0.25) is 0 Å². The number of hydrogen-bond donors (Lipinski definition) is 1. The minimum atomic E-state index is -0.326. The Bertz CT molecular complexity index is 986. The number of benzene rings is 1. The Balaban J connectivity index is 1.77. The summed E-state index contributed by atoms with van der Waals surface area (Å²) in [7, 11) is 0. The van der Waals surface area contributed by atoms with Gasteiger partial charge >= 0.3 is 0 Å². The topological polar surface area (TPSA) is 59.1 Å². The summed E-state index contributed by atoms with van der Waals surface area (Å²) in [5.74, 6) is -0.178. The number of aromatic nitrogens is 1. The maximum Gasteiger partial charge on any atom is 0.192 e. The lowest BCUT2D eigenvalue weighted by Gasteiger charge is -2.33. The number of nitrogens with zero attached hydrogens (tertiary/aromatic N) is 1. The molecule has 1 N–H and O–H groups in total. The first kappa shape index (κ1) is 14.3. The average molecular weight is 328 g/mol. The van der Waals surface area contributed by atoms with Crippen LogP contribution in [0.5, 0.6) is 0 Å². The van der Waals surface area contributed by atoms with Gasteiger partial charge in [-0.2, -0.15) is 0 Å². The molecule has 0 amide bonds. The zero-order valence-electron chi connectivity index (χ0n) is 13.6. The summed E-state index contributed by atoms with van der Waals surface area (Å²) in [4.78, 5) is 30.1. The second kappa shape index (κ2) is 5.24. The van der Waals surface area contributed by atoms with E-state index in [-0.39, 0.29) is 17.5 Å². The molecule has 0 saturated carbocycles. The van der Waals surface area contributed by atoms with Crippen molar-refractivity contribution in [3.05, 3.63) is 82.3 Å². The van der Waals surface area contributed by atoms with E-state index in [1.54, 1.807) is 12.4 Å². The molecule has 0 saturated heterocycles. The van der Waals surface area contributed by atoms with Gasteiger partial charge in [0.15, 0.2) is 11.6 Å². The highest BCUT2D eigenvalue weighted by Gasteiger charge is 2.43. The molecule has 2 heterocycles. The van der Waals surface area contributed by atoms with Crippen molar-refractivity contribution in [1.29, 1.82) is 0 Å². The molecule has 0 spiro atoms. The van der Waals surface area contributed by atoms with Gasteiger partial charge in [0.2, 0.25) is 0 Å². The molecule has 4 heteroatoms. The quantitative estimate of drug-likeness (QED) is 0.872. The molecule has 1 aliphatic heterocycles. The molecule has 1 aromatic carbocycles. The van der Waals surface area contributed by atoms with E-state index >= 15 is 0 Å². The molecule has 0 radical (unpaired) electrons. The number of carbonyl (C=O) groups excluding carboxylic acids is 2. The minimum Gasteiger partial charge on any atom is -0.358 e. The Morgan fingerprint density at radius 1 is 0.960 bits per heavy atom. The molecule has 2 aliphatic carbocycles. The first-order valence-corrected chi connectivity index (χ1v) is 8.57. The lowest BCUT2D eigenvalue weighted by Crippen LogP contribution is -2.31. The highest BCUT2D eigenvalue weighted by Crippen LogP contribution is 2.48. The number of ketones is 2. The summed E-state index contributed by atoms with van der Waals surface area (Å²) in [6.07, 6.45) is 5.71. The Morgan fingerprint density at radius 3 is 2.60 bits per heavy atom. The average Bonchev–Trinajstić information content (AvgIpc) is 2.94. The molecule has 25 heavy (non-hydrogen) atoms. The number of carbonyl (C=O) groups is 2. The molecule has 0 bridgehead atoms. The lowest BCUT2D eigenvalue weighted by atomic mass is 9.75. The molecule has 122 valence electrons. The summed E-state index contributed by atoms with van der Waals surface area (Å²) in [5.41, 5.74) is 5.81. The van der Waals surface area contributed by atoms with E-state index in [1.807, 2.05) is 36.4 Å². The maximum atomic E-state index is 13.1. The second-order valence-electron chi connectivity index (χ2n) is 6.68. The molecule has 5 rings (SSSR count). The van der Waals surface area contributed by atoms with Gasteiger partial charge < -0.3 is 5.32 Å². The van der Waals surface area contributed by atoms with Gasteiger partial charge in [0.05, 0.1) is 5.70 Å². The van der Waals surface area contributed by atoms with E-state index in [0.717, 1.165) is 40.9 Å². The third-order valence-electron chi connectivity index (χ3n) is 5.28. The normalized spacial score (nSPS) is 21.7. The predicted octanol–water partition coefficient (Wildman–Crippen LogP) is 3.38. The fraction of sp³-hybridized carbons (Fsp3) is 0.190. The highest BCUT2D eigenvalue weighted by molar-refractivity contribution is 6.23. The third-order valence-corrected chi connectivity index (χ3v) is 5.28. The molecular formula is C21H16N2O2. The Hall–Kier alpha value is -3.01. The fourth-order valence-electron chi connectivity index (χ4n) is 4.22. The van der Waals surface area contributed by atoms with Crippen LogP contribution < -0.4 is 5.32 Å². The van der Waals surface area contributed by atoms with Crippen LogP contribution in [0.25, 0.3) is 5.70 Å². The van der Waals surface area contributed by atoms with Gasteiger partial charge in [-0.3, -0.25) is 14.6 Å². The van der Waals surface area contributed by atoms with Crippen LogP contribution in [0.1, 0.15) is 46.7 Å². The number of nitrogens with one attached hydrogen (secondary N) is 1. The number of allylic oxidation sites excluding steroid dienone is 3. The summed E-state index contributed by atoms with van der Waals surface area (Å²) in [6.45, 7) is 0. The number of dihydropyridines is 1. The van der Waals surface area contributed by atoms with Crippen LogP contribution in [0, 0.1) is 0 Å². The molecule has 2 aromatic rings. The van der Waals surface area contributed by atoms with Gasteiger partial charge in [-0.05, 0) is 24.5 Å². The monoisotopic (exact) mass is 328 g/mol. The number of pyridine rings is 1. The van der Waals surface area contributed by atoms with E-state index in [4.69, 9.17) is 0 Å². The summed E-state index contributed by atoms with van der Waals surface area (Å²) in [5, 5.41) is 3.43. The van der Waals surface area contributed by atoms with Crippen molar-refractivity contribution in [3.63, 3.8) is 0 Å². The van der Waals surface area contributed by atoms with Crippen LogP contribution in [0.3, 0.4) is 0 Å². The second-order valence-corrected chi connectivity index (χ2v) is 6.68. The van der Waals surface area contributed by atoms with Crippen LogP contribution in [-0.4, -0.2) is 16.6 Å².